The molecule has 0 amide bonds. The Kier molecular flexibility index (Phi) is 3.34. The van der Waals surface area contributed by atoms with Gasteiger partial charge in [-0.25, -0.2) is 0 Å². The van der Waals surface area contributed by atoms with E-state index >= 15 is 0 Å². The molecule has 1 aromatic carbocycles. The molecule has 1 N–H and O–H groups in total. The molecule has 3 heteroatoms. The van der Waals surface area contributed by atoms with E-state index in [1.165, 1.54) is 16.9 Å². The molecular weight excluding hydrogens is 200 g/mol. The van der Waals surface area contributed by atoms with Gasteiger partial charge in [-0.2, -0.15) is 0 Å². The van der Waals surface area contributed by atoms with Gasteiger partial charge < -0.3 is 15.0 Å². The van der Waals surface area contributed by atoms with Gasteiger partial charge in [0.25, 0.3) is 0 Å². The Bertz CT molecular complexity index is 365. The fourth-order valence-corrected chi connectivity index (χ4v) is 2.23. The maximum atomic E-state index is 5.11. The molecule has 0 fully saturated rings. The molecule has 0 saturated heterocycles. The van der Waals surface area contributed by atoms with Crippen molar-refractivity contribution >= 4 is 11.4 Å². The highest BCUT2D eigenvalue weighted by molar-refractivity contribution is 5.63. The molecule has 16 heavy (non-hydrogen) atoms. The summed E-state index contributed by atoms with van der Waals surface area (Å²) in [5.74, 6) is 0. The van der Waals surface area contributed by atoms with Crippen LogP contribution in [-0.4, -0.2) is 33.4 Å². The number of rotatable bonds is 4. The predicted molar refractivity (Wildman–Crippen MR) is 68.4 cm³/mol. The van der Waals surface area contributed by atoms with Gasteiger partial charge in [-0.1, -0.05) is 0 Å². The molecule has 88 valence electrons. The average molecular weight is 220 g/mol. The number of ether oxygens (including phenoxy) is 1. The van der Waals surface area contributed by atoms with Gasteiger partial charge in [-0.15, -0.1) is 0 Å². The largest absolute Gasteiger partial charge is 0.383 e. The third-order valence-corrected chi connectivity index (χ3v) is 3.04. The molecule has 0 spiro atoms. The molecule has 1 atom stereocenters. The number of hydrogen-bond acceptors (Lipinski definition) is 3. The van der Waals surface area contributed by atoms with Crippen molar-refractivity contribution in [1.82, 2.24) is 0 Å². The van der Waals surface area contributed by atoms with Gasteiger partial charge in [-0.05, 0) is 37.1 Å². The summed E-state index contributed by atoms with van der Waals surface area (Å²) in [6, 6.07) is 6.95. The zero-order valence-electron chi connectivity index (χ0n) is 10.3. The molecule has 0 bridgehead atoms. The van der Waals surface area contributed by atoms with Crippen LogP contribution in [0.15, 0.2) is 18.2 Å². The molecule has 1 aromatic rings. The first-order valence-electron chi connectivity index (χ1n) is 5.80. The van der Waals surface area contributed by atoms with Crippen LogP contribution in [0.25, 0.3) is 0 Å². The molecule has 0 aliphatic carbocycles. The monoisotopic (exact) mass is 220 g/mol. The van der Waals surface area contributed by atoms with Crippen molar-refractivity contribution in [3.05, 3.63) is 23.8 Å². The van der Waals surface area contributed by atoms with E-state index < -0.39 is 0 Å². The van der Waals surface area contributed by atoms with Crippen molar-refractivity contribution in [2.45, 2.75) is 19.4 Å². The van der Waals surface area contributed by atoms with Crippen molar-refractivity contribution in [2.75, 3.05) is 37.5 Å². The number of hydrogen-bond donors (Lipinski definition) is 1. The van der Waals surface area contributed by atoms with Crippen molar-refractivity contribution < 1.29 is 4.74 Å². The summed E-state index contributed by atoms with van der Waals surface area (Å²) in [6.45, 7) is 3.99. The highest BCUT2D eigenvalue weighted by Crippen LogP contribution is 2.29. The van der Waals surface area contributed by atoms with Crippen LogP contribution in [0, 0.1) is 0 Å². The third-order valence-electron chi connectivity index (χ3n) is 3.04. The Balaban J connectivity index is 2.07. The first-order valence-corrected chi connectivity index (χ1v) is 5.80. The van der Waals surface area contributed by atoms with E-state index in [4.69, 9.17) is 4.74 Å². The van der Waals surface area contributed by atoms with Crippen LogP contribution in [0.4, 0.5) is 11.4 Å². The number of fused-ring (bicyclic) bond motifs is 1. The summed E-state index contributed by atoms with van der Waals surface area (Å²) in [6.07, 6.45) is 1.15. The normalized spacial score (nSPS) is 16.1. The summed E-state index contributed by atoms with van der Waals surface area (Å²) in [4.78, 5) is 2.30. The van der Waals surface area contributed by atoms with E-state index in [0.717, 1.165) is 19.6 Å². The minimum absolute atomic E-state index is 0.349. The summed E-state index contributed by atoms with van der Waals surface area (Å²) < 4.78 is 5.11. The van der Waals surface area contributed by atoms with Crippen LogP contribution in [0.1, 0.15) is 12.5 Å². The van der Waals surface area contributed by atoms with E-state index in [9.17, 15) is 0 Å². The Morgan fingerprint density at radius 1 is 1.50 bits per heavy atom. The number of benzene rings is 1. The highest BCUT2D eigenvalue weighted by Gasteiger charge is 2.15. The van der Waals surface area contributed by atoms with Crippen LogP contribution in [0.5, 0.6) is 0 Å². The summed E-state index contributed by atoms with van der Waals surface area (Å²) >= 11 is 0. The van der Waals surface area contributed by atoms with Gasteiger partial charge in [0.05, 0.1) is 6.61 Å². The van der Waals surface area contributed by atoms with Crippen LogP contribution < -0.4 is 10.2 Å². The van der Waals surface area contributed by atoms with E-state index in [0.29, 0.717) is 6.04 Å². The second-order valence-corrected chi connectivity index (χ2v) is 4.52. The van der Waals surface area contributed by atoms with Crippen molar-refractivity contribution in [2.24, 2.45) is 0 Å². The van der Waals surface area contributed by atoms with Crippen molar-refractivity contribution in [1.29, 1.82) is 0 Å². The fraction of sp³-hybridized carbons (Fsp3) is 0.538. The Labute approximate surface area is 97.4 Å². The maximum Gasteiger partial charge on any atom is 0.0661 e. The number of nitrogens with zero attached hydrogens (tertiary/aromatic N) is 1. The molecular formula is C13H20N2O. The lowest BCUT2D eigenvalue weighted by atomic mass is 10.1. The first-order chi connectivity index (χ1) is 7.70. The molecule has 3 nitrogen and oxygen atoms in total. The SMILES string of the molecule is COCC(C)Nc1ccc2c(c1)CCN2C. The van der Waals surface area contributed by atoms with Crippen LogP contribution in [0.3, 0.4) is 0 Å². The Morgan fingerprint density at radius 2 is 2.31 bits per heavy atom. The zero-order valence-corrected chi connectivity index (χ0v) is 10.3. The summed E-state index contributed by atoms with van der Waals surface area (Å²) in [5.41, 5.74) is 4.00. The second-order valence-electron chi connectivity index (χ2n) is 4.52. The molecule has 0 aromatic heterocycles. The van der Waals surface area contributed by atoms with Crippen LogP contribution >= 0.6 is 0 Å². The zero-order chi connectivity index (χ0) is 11.5. The molecule has 2 rings (SSSR count). The van der Waals surface area contributed by atoms with Crippen molar-refractivity contribution in [3.8, 4) is 0 Å². The lowest BCUT2D eigenvalue weighted by Gasteiger charge is -2.16. The van der Waals surface area contributed by atoms with Gasteiger partial charge >= 0.3 is 0 Å². The quantitative estimate of drug-likeness (QED) is 0.841. The Hall–Kier alpha value is -1.22. The molecule has 0 saturated carbocycles. The van der Waals surface area contributed by atoms with Crippen LogP contribution in [0.2, 0.25) is 0 Å². The topological polar surface area (TPSA) is 24.5 Å². The highest BCUT2D eigenvalue weighted by atomic mass is 16.5. The molecule has 1 heterocycles. The lowest BCUT2D eigenvalue weighted by Crippen LogP contribution is -2.20. The third kappa shape index (κ3) is 2.30. The smallest absolute Gasteiger partial charge is 0.0661 e. The minimum Gasteiger partial charge on any atom is -0.383 e. The lowest BCUT2D eigenvalue weighted by molar-refractivity contribution is 0.190. The Morgan fingerprint density at radius 3 is 3.06 bits per heavy atom. The van der Waals surface area contributed by atoms with Gasteiger partial charge in [0.2, 0.25) is 0 Å². The van der Waals surface area contributed by atoms with Gasteiger partial charge in [0.1, 0.15) is 0 Å². The van der Waals surface area contributed by atoms with E-state index in [-0.39, 0.29) is 0 Å². The van der Waals surface area contributed by atoms with Crippen molar-refractivity contribution in [3.63, 3.8) is 0 Å². The molecule has 1 unspecified atom stereocenters. The summed E-state index contributed by atoms with van der Waals surface area (Å²) in [5, 5.41) is 3.44. The minimum atomic E-state index is 0.349. The van der Waals surface area contributed by atoms with E-state index in [1.807, 2.05) is 0 Å². The van der Waals surface area contributed by atoms with E-state index in [1.54, 1.807) is 7.11 Å². The van der Waals surface area contributed by atoms with Crippen LogP contribution in [-0.2, 0) is 11.2 Å². The second kappa shape index (κ2) is 4.74. The standard InChI is InChI=1S/C13H20N2O/c1-10(9-16-3)14-12-4-5-13-11(8-12)6-7-15(13)2/h4-5,8,10,14H,6-7,9H2,1-3H3. The molecule has 1 aliphatic heterocycles. The van der Waals surface area contributed by atoms with Gasteiger partial charge in [0, 0.05) is 38.1 Å². The predicted octanol–water partition coefficient (Wildman–Crippen LogP) is 2.13. The number of likely N-dealkylation sites (N-methyl/N-ethyl adjacent to an activating group) is 1. The fourth-order valence-electron chi connectivity index (χ4n) is 2.23. The first kappa shape index (κ1) is 11.3. The number of anilines is 2. The number of nitrogens with one attached hydrogen (secondary N) is 1. The molecule has 1 aliphatic rings. The van der Waals surface area contributed by atoms with Gasteiger partial charge in [0.15, 0.2) is 0 Å². The summed E-state index contributed by atoms with van der Waals surface area (Å²) in [7, 11) is 3.88. The average Bonchev–Trinajstić information content (AvgIpc) is 2.60. The van der Waals surface area contributed by atoms with Gasteiger partial charge in [-0.3, -0.25) is 0 Å². The van der Waals surface area contributed by atoms with E-state index in [2.05, 4.69) is 42.4 Å². The number of methoxy groups -OCH3 is 1. The maximum absolute atomic E-state index is 5.11. The molecule has 0 radical (unpaired) electrons.